The number of carbonyl (C=O) groups is 1. The highest BCUT2D eigenvalue weighted by Gasteiger charge is 2.19. The van der Waals surface area contributed by atoms with Gasteiger partial charge in [0.2, 0.25) is 0 Å². The molecule has 0 aliphatic heterocycles. The van der Waals surface area contributed by atoms with Crippen LogP contribution in [0.4, 0.5) is 4.79 Å². The summed E-state index contributed by atoms with van der Waals surface area (Å²) in [5.74, 6) is 0.0136. The Morgan fingerprint density at radius 1 is 1.26 bits per heavy atom. The van der Waals surface area contributed by atoms with Gasteiger partial charge in [-0.1, -0.05) is 6.92 Å². The van der Waals surface area contributed by atoms with E-state index in [0.717, 1.165) is 6.26 Å². The number of rotatable bonds is 6. The molecule has 114 valence electrons. The van der Waals surface area contributed by atoms with Crippen LogP contribution in [0, 0.1) is 5.92 Å². The normalized spacial score (nSPS) is 15.7. The van der Waals surface area contributed by atoms with E-state index >= 15 is 0 Å². The van der Waals surface area contributed by atoms with E-state index in [1.54, 1.807) is 20.8 Å². The molecule has 0 aliphatic carbocycles. The molecule has 0 aromatic rings. The van der Waals surface area contributed by atoms with Gasteiger partial charge in [-0.15, -0.1) is 0 Å². The highest BCUT2D eigenvalue weighted by molar-refractivity contribution is 7.85. The second-order valence-corrected chi connectivity index (χ2v) is 7.52. The van der Waals surface area contributed by atoms with Gasteiger partial charge in [0.25, 0.3) is 10.1 Å². The van der Waals surface area contributed by atoms with E-state index in [2.05, 4.69) is 5.32 Å². The van der Waals surface area contributed by atoms with Crippen molar-refractivity contribution in [2.45, 2.75) is 52.7 Å². The lowest BCUT2D eigenvalue weighted by Gasteiger charge is -2.23. The quantitative estimate of drug-likeness (QED) is 0.757. The Hall–Kier alpha value is -0.820. The molecular weight excluding hydrogens is 270 g/mol. The summed E-state index contributed by atoms with van der Waals surface area (Å²) in [4.78, 5) is 11.5. The molecule has 7 heteroatoms. The van der Waals surface area contributed by atoms with Crippen LogP contribution >= 0.6 is 0 Å². The molecule has 2 atom stereocenters. The summed E-state index contributed by atoms with van der Waals surface area (Å²) >= 11 is 0. The average Bonchev–Trinajstić information content (AvgIpc) is 2.09. The smallest absolute Gasteiger partial charge is 0.407 e. The monoisotopic (exact) mass is 295 g/mol. The molecule has 1 N–H and O–H groups in total. The van der Waals surface area contributed by atoms with Gasteiger partial charge in [-0.05, 0) is 40.0 Å². The lowest BCUT2D eigenvalue weighted by molar-refractivity contribution is 0.0500. The third kappa shape index (κ3) is 12.0. The minimum Gasteiger partial charge on any atom is -0.444 e. The summed E-state index contributed by atoms with van der Waals surface area (Å²) < 4.78 is 31.5. The molecule has 0 bridgehead atoms. The first-order chi connectivity index (χ1) is 8.39. The zero-order valence-corrected chi connectivity index (χ0v) is 13.3. The van der Waals surface area contributed by atoms with Gasteiger partial charge in [-0.3, -0.25) is 4.18 Å². The molecule has 1 amide bonds. The van der Waals surface area contributed by atoms with Gasteiger partial charge < -0.3 is 10.1 Å². The first-order valence-corrected chi connectivity index (χ1v) is 8.04. The van der Waals surface area contributed by atoms with Gasteiger partial charge in [-0.2, -0.15) is 8.42 Å². The van der Waals surface area contributed by atoms with Crippen molar-refractivity contribution in [3.63, 3.8) is 0 Å². The number of ether oxygens (including phenoxy) is 1. The molecular formula is C12H25NO5S. The number of amides is 1. The molecule has 0 heterocycles. The van der Waals surface area contributed by atoms with Crippen molar-refractivity contribution in [2.24, 2.45) is 5.92 Å². The average molecular weight is 295 g/mol. The van der Waals surface area contributed by atoms with Crippen LogP contribution in [-0.2, 0) is 19.0 Å². The van der Waals surface area contributed by atoms with Gasteiger partial charge in [0.1, 0.15) is 5.60 Å². The van der Waals surface area contributed by atoms with E-state index in [-0.39, 0.29) is 18.6 Å². The summed E-state index contributed by atoms with van der Waals surface area (Å²) in [7, 11) is -3.41. The van der Waals surface area contributed by atoms with Gasteiger partial charge in [-0.25, -0.2) is 4.79 Å². The summed E-state index contributed by atoms with van der Waals surface area (Å²) in [6, 6.07) is -0.118. The number of hydrogen-bond donors (Lipinski definition) is 1. The van der Waals surface area contributed by atoms with E-state index in [1.807, 2.05) is 13.8 Å². The Morgan fingerprint density at radius 3 is 2.21 bits per heavy atom. The molecule has 0 rings (SSSR count). The standard InChI is InChI=1S/C12H25NO5S/c1-9(8-17-19(6,15)16)7-10(2)13-11(14)18-12(3,4)5/h9-10H,7-8H2,1-6H3,(H,13,14). The lowest BCUT2D eigenvalue weighted by Crippen LogP contribution is -2.38. The highest BCUT2D eigenvalue weighted by Crippen LogP contribution is 2.10. The SMILES string of the molecule is CC(COS(C)(=O)=O)CC(C)NC(=O)OC(C)(C)C. The molecule has 6 nitrogen and oxygen atoms in total. The third-order valence-electron chi connectivity index (χ3n) is 2.09. The van der Waals surface area contributed by atoms with E-state index in [9.17, 15) is 13.2 Å². The summed E-state index contributed by atoms with van der Waals surface area (Å²) in [6.07, 6.45) is 1.15. The second-order valence-electron chi connectivity index (χ2n) is 5.88. The second kappa shape index (κ2) is 7.09. The van der Waals surface area contributed by atoms with E-state index in [4.69, 9.17) is 8.92 Å². The number of carbonyl (C=O) groups excluding carboxylic acids is 1. The van der Waals surface area contributed by atoms with Crippen molar-refractivity contribution in [1.82, 2.24) is 5.32 Å². The van der Waals surface area contributed by atoms with Crippen molar-refractivity contribution in [2.75, 3.05) is 12.9 Å². The molecule has 0 spiro atoms. The molecule has 0 saturated heterocycles. The van der Waals surface area contributed by atoms with Crippen LogP contribution in [0.25, 0.3) is 0 Å². The maximum absolute atomic E-state index is 11.5. The van der Waals surface area contributed by atoms with Crippen molar-refractivity contribution in [3.05, 3.63) is 0 Å². The highest BCUT2D eigenvalue weighted by atomic mass is 32.2. The van der Waals surface area contributed by atoms with Gasteiger partial charge in [0.05, 0.1) is 12.9 Å². The zero-order valence-electron chi connectivity index (χ0n) is 12.5. The van der Waals surface area contributed by atoms with Crippen LogP contribution < -0.4 is 5.32 Å². The first-order valence-electron chi connectivity index (χ1n) is 6.23. The fraction of sp³-hybridized carbons (Fsp3) is 0.917. The van der Waals surface area contributed by atoms with E-state index < -0.39 is 21.8 Å². The van der Waals surface area contributed by atoms with Crippen LogP contribution in [0.3, 0.4) is 0 Å². The van der Waals surface area contributed by atoms with Crippen molar-refractivity contribution in [3.8, 4) is 0 Å². The minimum atomic E-state index is -3.41. The minimum absolute atomic E-state index is 0.0136. The summed E-state index contributed by atoms with van der Waals surface area (Å²) in [6.45, 7) is 9.18. The summed E-state index contributed by atoms with van der Waals surface area (Å²) in [5, 5.41) is 2.70. The van der Waals surface area contributed by atoms with Crippen LogP contribution in [0.15, 0.2) is 0 Å². The Balaban J connectivity index is 4.03. The maximum atomic E-state index is 11.5. The topological polar surface area (TPSA) is 81.7 Å². The zero-order chi connectivity index (χ0) is 15.3. The Kier molecular flexibility index (Phi) is 6.79. The fourth-order valence-electron chi connectivity index (χ4n) is 1.48. The van der Waals surface area contributed by atoms with E-state index in [1.165, 1.54) is 0 Å². The molecule has 2 unspecified atom stereocenters. The molecule has 0 fully saturated rings. The van der Waals surface area contributed by atoms with E-state index in [0.29, 0.717) is 6.42 Å². The molecule has 0 aromatic heterocycles. The lowest BCUT2D eigenvalue weighted by atomic mass is 10.0. The van der Waals surface area contributed by atoms with Crippen molar-refractivity contribution in [1.29, 1.82) is 0 Å². The van der Waals surface area contributed by atoms with Crippen molar-refractivity contribution < 1.29 is 22.1 Å². The largest absolute Gasteiger partial charge is 0.444 e. The number of hydrogen-bond acceptors (Lipinski definition) is 5. The molecule has 0 aliphatic rings. The first kappa shape index (κ1) is 18.2. The predicted molar refractivity (Wildman–Crippen MR) is 73.4 cm³/mol. The summed E-state index contributed by atoms with van der Waals surface area (Å²) in [5.41, 5.74) is -0.533. The van der Waals surface area contributed by atoms with Crippen LogP contribution in [0.5, 0.6) is 0 Å². The fourth-order valence-corrected chi connectivity index (χ4v) is 1.96. The van der Waals surface area contributed by atoms with Gasteiger partial charge >= 0.3 is 6.09 Å². The Labute approximate surface area is 116 Å². The maximum Gasteiger partial charge on any atom is 0.407 e. The van der Waals surface area contributed by atoms with Crippen molar-refractivity contribution >= 4 is 16.2 Å². The number of alkyl carbamates (subject to hydrolysis) is 1. The predicted octanol–water partition coefficient (Wildman–Crippen LogP) is 1.90. The van der Waals surface area contributed by atoms with Crippen LogP contribution in [0.1, 0.15) is 41.0 Å². The van der Waals surface area contributed by atoms with Crippen LogP contribution in [-0.4, -0.2) is 39.0 Å². The Morgan fingerprint density at radius 2 is 1.79 bits per heavy atom. The molecule has 0 aromatic carbocycles. The van der Waals surface area contributed by atoms with Gasteiger partial charge in [0, 0.05) is 6.04 Å². The molecule has 0 radical (unpaired) electrons. The third-order valence-corrected chi connectivity index (χ3v) is 2.65. The van der Waals surface area contributed by atoms with Crippen LogP contribution in [0.2, 0.25) is 0 Å². The Bertz CT molecular complexity index is 385. The molecule has 0 saturated carbocycles. The molecule has 19 heavy (non-hydrogen) atoms. The van der Waals surface area contributed by atoms with Gasteiger partial charge in [0.15, 0.2) is 0 Å². The number of nitrogens with one attached hydrogen (secondary N) is 1.